The van der Waals surface area contributed by atoms with Crippen molar-refractivity contribution in [1.29, 1.82) is 0 Å². The van der Waals surface area contributed by atoms with Crippen LogP contribution in [0.2, 0.25) is 0 Å². The largest absolute Gasteiger partial charge is 0.456 e. The van der Waals surface area contributed by atoms with E-state index in [0.717, 1.165) is 82.8 Å². The van der Waals surface area contributed by atoms with Crippen molar-refractivity contribution >= 4 is 43.9 Å². The van der Waals surface area contributed by atoms with Gasteiger partial charge < -0.3 is 8.83 Å². The lowest BCUT2D eigenvalue weighted by Gasteiger charge is -2.31. The number of para-hydroxylation sites is 1. The number of nitrogens with zero attached hydrogens (tertiary/aromatic N) is 3. The molecular formula is C64H37N3O2. The average Bonchev–Trinajstić information content (AvgIpc) is 4.15. The maximum atomic E-state index is 7.01. The molecule has 15 rings (SSSR count). The van der Waals surface area contributed by atoms with Crippen LogP contribution in [0.3, 0.4) is 0 Å². The van der Waals surface area contributed by atoms with E-state index in [2.05, 4.69) is 206 Å². The molecule has 13 aromatic rings. The standard InChI is InChI=1S/C64H37N3O2/c1-3-15-38(16-4-1)40-19-13-21-42(33-40)61-65-62(43-22-14-20-41(34-43)39-17-5-2-6-18-39)67-63(66-61)44-29-30-49-57(35-44)69-56-32-31-48-50-36-51-47-25-9-12-28-55(47)68-58(51)37-54(50)64(60(48)59(49)56)52-26-10-7-23-45(52)46-24-8-11-27-53(46)64/h1-37H. The monoisotopic (exact) mass is 879 g/mol. The van der Waals surface area contributed by atoms with E-state index in [1.807, 2.05) is 18.2 Å². The summed E-state index contributed by atoms with van der Waals surface area (Å²) in [6.45, 7) is 0. The van der Waals surface area contributed by atoms with Crippen molar-refractivity contribution in [3.05, 3.63) is 247 Å². The molecule has 0 unspecified atom stereocenters. The first-order chi connectivity index (χ1) is 34.2. The Morgan fingerprint density at radius 1 is 0.275 bits per heavy atom. The van der Waals surface area contributed by atoms with E-state index >= 15 is 0 Å². The maximum Gasteiger partial charge on any atom is 0.164 e. The predicted molar refractivity (Wildman–Crippen MR) is 278 cm³/mol. The van der Waals surface area contributed by atoms with Crippen LogP contribution in [-0.4, -0.2) is 15.0 Å². The summed E-state index contributed by atoms with van der Waals surface area (Å²) < 4.78 is 13.7. The number of rotatable bonds is 5. The van der Waals surface area contributed by atoms with E-state index in [4.69, 9.17) is 23.8 Å². The van der Waals surface area contributed by atoms with Crippen molar-refractivity contribution in [2.45, 2.75) is 5.41 Å². The Hall–Kier alpha value is -9.19. The molecule has 0 aliphatic heterocycles. The molecule has 3 aromatic heterocycles. The molecular weight excluding hydrogens is 843 g/mol. The lowest BCUT2D eigenvalue weighted by atomic mass is 9.69. The van der Waals surface area contributed by atoms with Gasteiger partial charge in [0.05, 0.1) is 5.41 Å². The van der Waals surface area contributed by atoms with Gasteiger partial charge in [0, 0.05) is 38.2 Å². The minimum atomic E-state index is -0.624. The van der Waals surface area contributed by atoms with Crippen LogP contribution in [0.25, 0.3) is 123 Å². The van der Waals surface area contributed by atoms with Gasteiger partial charge in [-0.2, -0.15) is 0 Å². The highest BCUT2D eigenvalue weighted by Gasteiger charge is 2.53. The van der Waals surface area contributed by atoms with Crippen molar-refractivity contribution in [3.8, 4) is 78.7 Å². The molecule has 3 heterocycles. The zero-order valence-electron chi connectivity index (χ0n) is 37.0. The third kappa shape index (κ3) is 5.50. The van der Waals surface area contributed by atoms with Crippen molar-refractivity contribution < 1.29 is 8.83 Å². The third-order valence-corrected chi connectivity index (χ3v) is 14.5. The van der Waals surface area contributed by atoms with Gasteiger partial charge in [-0.05, 0) is 115 Å². The van der Waals surface area contributed by atoms with Gasteiger partial charge in [-0.15, -0.1) is 0 Å². The van der Waals surface area contributed by atoms with Crippen molar-refractivity contribution in [2.24, 2.45) is 0 Å². The van der Waals surface area contributed by atoms with Crippen LogP contribution in [0, 0.1) is 0 Å². The van der Waals surface area contributed by atoms with Crippen molar-refractivity contribution in [3.63, 3.8) is 0 Å². The van der Waals surface area contributed by atoms with Crippen molar-refractivity contribution in [1.82, 2.24) is 15.0 Å². The van der Waals surface area contributed by atoms with Gasteiger partial charge in [0.2, 0.25) is 0 Å². The Balaban J connectivity index is 0.953. The molecule has 5 nitrogen and oxygen atoms in total. The fourth-order valence-electron chi connectivity index (χ4n) is 11.6. The topological polar surface area (TPSA) is 65.0 Å². The molecule has 0 saturated heterocycles. The summed E-state index contributed by atoms with van der Waals surface area (Å²) in [5.74, 6) is 1.75. The summed E-state index contributed by atoms with van der Waals surface area (Å²) in [5, 5.41) is 4.37. The van der Waals surface area contributed by atoms with Gasteiger partial charge in [-0.25, -0.2) is 15.0 Å². The zero-order valence-corrected chi connectivity index (χ0v) is 37.0. The first-order valence-electron chi connectivity index (χ1n) is 23.4. The zero-order chi connectivity index (χ0) is 45.2. The van der Waals surface area contributed by atoms with Gasteiger partial charge in [-0.3, -0.25) is 0 Å². The molecule has 0 fully saturated rings. The van der Waals surface area contributed by atoms with Gasteiger partial charge in [0.25, 0.3) is 0 Å². The average molecular weight is 880 g/mol. The molecule has 10 aromatic carbocycles. The quantitative estimate of drug-likeness (QED) is 0.172. The number of benzene rings is 10. The summed E-state index contributed by atoms with van der Waals surface area (Å²) in [5.41, 5.74) is 19.7. The molecule has 0 N–H and O–H groups in total. The van der Waals surface area contributed by atoms with E-state index in [0.29, 0.717) is 17.5 Å². The molecule has 2 aliphatic carbocycles. The Labute approximate surface area is 396 Å². The molecule has 0 radical (unpaired) electrons. The lowest BCUT2D eigenvalue weighted by Crippen LogP contribution is -2.26. The van der Waals surface area contributed by atoms with Crippen LogP contribution in [0.4, 0.5) is 0 Å². The first-order valence-corrected chi connectivity index (χ1v) is 23.4. The Kier molecular flexibility index (Phi) is 7.93. The van der Waals surface area contributed by atoms with Crippen LogP contribution in [-0.2, 0) is 5.41 Å². The van der Waals surface area contributed by atoms with Crippen LogP contribution >= 0.6 is 0 Å². The van der Waals surface area contributed by atoms with E-state index in [9.17, 15) is 0 Å². The molecule has 320 valence electrons. The molecule has 2 aliphatic rings. The highest BCUT2D eigenvalue weighted by molar-refractivity contribution is 6.16. The van der Waals surface area contributed by atoms with Crippen LogP contribution in [0.15, 0.2) is 233 Å². The highest BCUT2D eigenvalue weighted by Crippen LogP contribution is 2.65. The molecule has 0 amide bonds. The number of fused-ring (bicyclic) bond motifs is 17. The van der Waals surface area contributed by atoms with Gasteiger partial charge in [0.1, 0.15) is 22.3 Å². The van der Waals surface area contributed by atoms with Crippen LogP contribution in [0.1, 0.15) is 22.3 Å². The summed E-state index contributed by atoms with van der Waals surface area (Å²) in [6.07, 6.45) is 0. The second-order valence-corrected chi connectivity index (χ2v) is 18.2. The SMILES string of the molecule is c1ccc(-c2cccc(-c3nc(-c4cccc(-c5ccccc5)c4)nc(-c4ccc5c(c4)oc4ccc6c(c45)C4(c5ccccc5-c5ccccc54)c4cc5oc7ccccc7c5cc4-6)n3)c2)cc1. The Morgan fingerprint density at radius 3 is 1.45 bits per heavy atom. The summed E-state index contributed by atoms with van der Waals surface area (Å²) in [7, 11) is 0. The van der Waals surface area contributed by atoms with Gasteiger partial charge >= 0.3 is 0 Å². The summed E-state index contributed by atoms with van der Waals surface area (Å²) >= 11 is 0. The van der Waals surface area contributed by atoms with Gasteiger partial charge in [-0.1, -0.05) is 176 Å². The molecule has 0 saturated carbocycles. The van der Waals surface area contributed by atoms with E-state index in [-0.39, 0.29) is 0 Å². The van der Waals surface area contributed by atoms with Crippen molar-refractivity contribution in [2.75, 3.05) is 0 Å². The normalized spacial score (nSPS) is 13.0. The number of furan rings is 2. The lowest BCUT2D eigenvalue weighted by molar-refractivity contribution is 0.666. The van der Waals surface area contributed by atoms with Crippen LogP contribution < -0.4 is 0 Å². The Bertz CT molecular complexity index is 4110. The minimum Gasteiger partial charge on any atom is -0.456 e. The number of aromatic nitrogens is 3. The third-order valence-electron chi connectivity index (χ3n) is 14.5. The molecule has 0 atom stereocenters. The molecule has 69 heavy (non-hydrogen) atoms. The maximum absolute atomic E-state index is 7.01. The van der Waals surface area contributed by atoms with E-state index in [1.165, 1.54) is 44.5 Å². The minimum absolute atomic E-state index is 0.565. The number of hydrogen-bond acceptors (Lipinski definition) is 5. The summed E-state index contributed by atoms with van der Waals surface area (Å²) in [6, 6.07) is 79.4. The smallest absolute Gasteiger partial charge is 0.164 e. The predicted octanol–water partition coefficient (Wildman–Crippen LogP) is 16.3. The summed E-state index contributed by atoms with van der Waals surface area (Å²) in [4.78, 5) is 15.7. The number of hydrogen-bond donors (Lipinski definition) is 0. The second-order valence-electron chi connectivity index (χ2n) is 18.2. The Morgan fingerprint density at radius 2 is 0.797 bits per heavy atom. The fourth-order valence-corrected chi connectivity index (χ4v) is 11.6. The first kappa shape index (κ1) is 38.0. The van der Waals surface area contributed by atoms with E-state index in [1.54, 1.807) is 0 Å². The van der Waals surface area contributed by atoms with E-state index < -0.39 is 5.41 Å². The second kappa shape index (κ2) is 14.4. The molecule has 5 heteroatoms. The molecule has 0 bridgehead atoms. The molecule has 1 spiro atoms. The van der Waals surface area contributed by atoms with Crippen LogP contribution in [0.5, 0.6) is 0 Å². The highest BCUT2D eigenvalue weighted by atomic mass is 16.3. The van der Waals surface area contributed by atoms with Gasteiger partial charge in [0.15, 0.2) is 17.5 Å². The fraction of sp³-hybridized carbons (Fsp3) is 0.0156.